The Morgan fingerprint density at radius 1 is 1.38 bits per heavy atom. The number of nitrogens with zero attached hydrogens (tertiary/aromatic N) is 2. The number of rotatable bonds is 7. The lowest BCUT2D eigenvalue weighted by atomic mass is 10.1. The molecular formula is C19H29FN2O2. The van der Waals surface area contributed by atoms with Crippen molar-refractivity contribution in [2.75, 3.05) is 39.9 Å². The number of benzene rings is 1. The van der Waals surface area contributed by atoms with Crippen LogP contribution in [0.2, 0.25) is 0 Å². The Kier molecular flexibility index (Phi) is 7.21. The number of piperazine rings is 1. The van der Waals surface area contributed by atoms with Gasteiger partial charge in [0.25, 0.3) is 0 Å². The highest BCUT2D eigenvalue weighted by Crippen LogP contribution is 2.21. The third kappa shape index (κ3) is 5.30. The molecular weight excluding hydrogens is 307 g/mol. The number of hydrogen-bond donors (Lipinski definition) is 1. The second kappa shape index (κ2) is 9.16. The van der Waals surface area contributed by atoms with Crippen LogP contribution < -0.4 is 4.74 Å². The van der Waals surface area contributed by atoms with E-state index in [0.29, 0.717) is 23.9 Å². The summed E-state index contributed by atoms with van der Waals surface area (Å²) in [5, 5.41) is 9.36. The molecule has 1 saturated heterocycles. The first-order chi connectivity index (χ1) is 11.5. The summed E-state index contributed by atoms with van der Waals surface area (Å²) in [4.78, 5) is 4.67. The van der Waals surface area contributed by atoms with Gasteiger partial charge in [0, 0.05) is 50.9 Å². The van der Waals surface area contributed by atoms with Gasteiger partial charge in [-0.05, 0) is 38.5 Å². The minimum Gasteiger partial charge on any atom is -0.497 e. The summed E-state index contributed by atoms with van der Waals surface area (Å²) >= 11 is 0. The Bertz CT molecular complexity index is 558. The highest BCUT2D eigenvalue weighted by atomic mass is 19.1. The highest BCUT2D eigenvalue weighted by Gasteiger charge is 2.26. The molecule has 1 N–H and O–H groups in total. The summed E-state index contributed by atoms with van der Waals surface area (Å²) in [5.41, 5.74) is 1.97. The third-order valence-electron chi connectivity index (χ3n) is 4.53. The van der Waals surface area contributed by atoms with E-state index in [2.05, 4.69) is 29.7 Å². The van der Waals surface area contributed by atoms with Crippen molar-refractivity contribution in [1.29, 1.82) is 0 Å². The zero-order valence-corrected chi connectivity index (χ0v) is 15.0. The summed E-state index contributed by atoms with van der Waals surface area (Å²) in [7, 11) is 1.59. The molecule has 134 valence electrons. The van der Waals surface area contributed by atoms with Gasteiger partial charge in [0.2, 0.25) is 0 Å². The van der Waals surface area contributed by atoms with Crippen molar-refractivity contribution < 1.29 is 14.2 Å². The molecule has 1 atom stereocenters. The smallest absolute Gasteiger partial charge is 0.127 e. The Balaban J connectivity index is 2.02. The van der Waals surface area contributed by atoms with Crippen molar-refractivity contribution in [1.82, 2.24) is 9.80 Å². The van der Waals surface area contributed by atoms with Crippen LogP contribution in [0.25, 0.3) is 0 Å². The first kappa shape index (κ1) is 18.9. The molecule has 0 radical (unpaired) electrons. The molecule has 0 bridgehead atoms. The van der Waals surface area contributed by atoms with E-state index in [0.717, 1.165) is 32.6 Å². The summed E-state index contributed by atoms with van der Waals surface area (Å²) in [6.07, 6.45) is 2.97. The summed E-state index contributed by atoms with van der Waals surface area (Å²) in [6.45, 7) is 8.53. The topological polar surface area (TPSA) is 35.9 Å². The van der Waals surface area contributed by atoms with Crippen LogP contribution in [-0.2, 0) is 6.54 Å². The van der Waals surface area contributed by atoms with Crippen molar-refractivity contribution in [2.24, 2.45) is 0 Å². The lowest BCUT2D eigenvalue weighted by molar-refractivity contribution is 0.0630. The molecule has 1 aromatic rings. The third-order valence-corrected chi connectivity index (χ3v) is 4.53. The fourth-order valence-electron chi connectivity index (χ4n) is 3.10. The molecule has 1 aliphatic rings. The van der Waals surface area contributed by atoms with E-state index in [9.17, 15) is 9.50 Å². The summed E-state index contributed by atoms with van der Waals surface area (Å²) < 4.78 is 19.2. The van der Waals surface area contributed by atoms with E-state index >= 15 is 0 Å². The minimum absolute atomic E-state index is 0.178. The maximum absolute atomic E-state index is 14.1. The summed E-state index contributed by atoms with van der Waals surface area (Å²) in [6, 6.07) is 5.18. The van der Waals surface area contributed by atoms with Gasteiger partial charge in [-0.2, -0.15) is 0 Å². The zero-order valence-electron chi connectivity index (χ0n) is 15.0. The van der Waals surface area contributed by atoms with Gasteiger partial charge in [0.1, 0.15) is 11.6 Å². The minimum atomic E-state index is -0.193. The van der Waals surface area contributed by atoms with Crippen LogP contribution >= 0.6 is 0 Å². The molecule has 0 saturated carbocycles. The second-order valence-corrected chi connectivity index (χ2v) is 6.63. The Morgan fingerprint density at radius 2 is 2.17 bits per heavy atom. The van der Waals surface area contributed by atoms with E-state index < -0.39 is 0 Å². The van der Waals surface area contributed by atoms with Crippen molar-refractivity contribution in [2.45, 2.75) is 32.9 Å². The van der Waals surface area contributed by atoms with Crippen LogP contribution in [0, 0.1) is 5.82 Å². The highest BCUT2D eigenvalue weighted by molar-refractivity contribution is 5.29. The van der Waals surface area contributed by atoms with Gasteiger partial charge in [0.15, 0.2) is 0 Å². The van der Waals surface area contributed by atoms with Gasteiger partial charge in [-0.1, -0.05) is 11.6 Å². The summed E-state index contributed by atoms with van der Waals surface area (Å²) in [5.74, 6) is 0.488. The van der Waals surface area contributed by atoms with Crippen molar-refractivity contribution in [3.63, 3.8) is 0 Å². The monoisotopic (exact) mass is 336 g/mol. The fourth-order valence-corrected chi connectivity index (χ4v) is 3.10. The van der Waals surface area contributed by atoms with Gasteiger partial charge >= 0.3 is 0 Å². The first-order valence-electron chi connectivity index (χ1n) is 8.56. The molecule has 1 aromatic carbocycles. The number of aliphatic hydroxyl groups excluding tert-OH is 1. The van der Waals surface area contributed by atoms with Crippen LogP contribution in [0.4, 0.5) is 4.39 Å². The second-order valence-electron chi connectivity index (χ2n) is 6.63. The molecule has 0 spiro atoms. The van der Waals surface area contributed by atoms with E-state index in [1.807, 2.05) is 0 Å². The lowest BCUT2D eigenvalue weighted by Gasteiger charge is -2.41. The number of halogens is 1. The maximum Gasteiger partial charge on any atom is 0.127 e. The fraction of sp³-hybridized carbons (Fsp3) is 0.579. The molecule has 1 fully saturated rings. The molecule has 1 aliphatic heterocycles. The van der Waals surface area contributed by atoms with Crippen LogP contribution in [0.5, 0.6) is 5.75 Å². The number of allylic oxidation sites excluding steroid dienone is 1. The predicted molar refractivity (Wildman–Crippen MR) is 94.7 cm³/mol. The van der Waals surface area contributed by atoms with Gasteiger partial charge in [-0.25, -0.2) is 4.39 Å². The molecule has 0 unspecified atom stereocenters. The molecule has 24 heavy (non-hydrogen) atoms. The van der Waals surface area contributed by atoms with Gasteiger partial charge < -0.3 is 9.84 Å². The molecule has 4 nitrogen and oxygen atoms in total. The van der Waals surface area contributed by atoms with Crippen LogP contribution in [0.15, 0.2) is 29.8 Å². The quantitative estimate of drug-likeness (QED) is 0.777. The number of hydrogen-bond acceptors (Lipinski definition) is 4. The molecule has 2 rings (SSSR count). The van der Waals surface area contributed by atoms with Gasteiger partial charge in [-0.15, -0.1) is 0 Å². The Hall–Kier alpha value is -1.43. The molecule has 0 aliphatic carbocycles. The van der Waals surface area contributed by atoms with E-state index in [1.54, 1.807) is 19.2 Å². The molecule has 5 heteroatoms. The van der Waals surface area contributed by atoms with Gasteiger partial charge in [-0.3, -0.25) is 9.80 Å². The van der Waals surface area contributed by atoms with E-state index in [-0.39, 0.29) is 12.4 Å². The zero-order chi connectivity index (χ0) is 17.5. The lowest BCUT2D eigenvalue weighted by Crippen LogP contribution is -2.53. The first-order valence-corrected chi connectivity index (χ1v) is 8.56. The largest absolute Gasteiger partial charge is 0.497 e. The van der Waals surface area contributed by atoms with E-state index in [1.165, 1.54) is 11.6 Å². The molecule has 0 aromatic heterocycles. The maximum atomic E-state index is 14.1. The number of methoxy groups -OCH3 is 1. The van der Waals surface area contributed by atoms with E-state index in [4.69, 9.17) is 4.74 Å². The standard InChI is InChI=1S/C19H29FN2O2/c1-15(2)6-8-22-10-9-21(14-17(22)7-11-23)13-16-12-18(24-3)4-5-19(16)20/h4-6,12,17,23H,7-11,13-14H2,1-3H3/t17-/m0/s1. The SMILES string of the molecule is COc1ccc(F)c(CN2CCN(CC=C(C)C)[C@@H](CCO)C2)c1. The average molecular weight is 336 g/mol. The molecule has 0 amide bonds. The Labute approximate surface area is 144 Å². The normalized spacial score (nSPS) is 19.3. The van der Waals surface area contributed by atoms with Crippen molar-refractivity contribution in [3.05, 3.63) is 41.2 Å². The Morgan fingerprint density at radius 3 is 2.83 bits per heavy atom. The predicted octanol–water partition coefficient (Wildman–Crippen LogP) is 2.67. The molecule has 1 heterocycles. The van der Waals surface area contributed by atoms with Crippen LogP contribution in [-0.4, -0.2) is 60.8 Å². The van der Waals surface area contributed by atoms with Crippen molar-refractivity contribution >= 4 is 0 Å². The number of aliphatic hydroxyl groups is 1. The van der Waals surface area contributed by atoms with Crippen LogP contribution in [0.3, 0.4) is 0 Å². The van der Waals surface area contributed by atoms with Crippen molar-refractivity contribution in [3.8, 4) is 5.75 Å². The van der Waals surface area contributed by atoms with Crippen LogP contribution in [0.1, 0.15) is 25.8 Å². The average Bonchev–Trinajstić information content (AvgIpc) is 2.56. The van der Waals surface area contributed by atoms with Gasteiger partial charge in [0.05, 0.1) is 7.11 Å². The number of ether oxygens (including phenoxy) is 1.